The van der Waals surface area contributed by atoms with E-state index in [2.05, 4.69) is 10.3 Å². The molecule has 168 valence electrons. The van der Waals surface area contributed by atoms with Gasteiger partial charge in [0.25, 0.3) is 5.56 Å². The summed E-state index contributed by atoms with van der Waals surface area (Å²) in [5, 5.41) is 4.11. The van der Waals surface area contributed by atoms with Crippen LogP contribution in [-0.2, 0) is 6.54 Å². The van der Waals surface area contributed by atoms with Crippen molar-refractivity contribution >= 4 is 34.2 Å². The van der Waals surface area contributed by atoms with Crippen molar-refractivity contribution in [1.82, 2.24) is 19.4 Å². The van der Waals surface area contributed by atoms with E-state index in [-0.39, 0.29) is 30.3 Å². The van der Waals surface area contributed by atoms with E-state index in [9.17, 15) is 14.4 Å². The molecule has 1 N–H and O–H groups in total. The molecule has 0 radical (unpaired) electrons. The molecular weight excluding hydrogens is 440 g/mol. The summed E-state index contributed by atoms with van der Waals surface area (Å²) in [6.07, 6.45) is 1.80. The maximum atomic E-state index is 13.6. The second-order valence-electron chi connectivity index (χ2n) is 7.65. The van der Waals surface area contributed by atoms with E-state index >= 15 is 0 Å². The first-order valence-corrected chi connectivity index (χ1v) is 10.9. The quantitative estimate of drug-likeness (QED) is 0.437. The lowest BCUT2D eigenvalue weighted by molar-refractivity contribution is 0.0979. The van der Waals surface area contributed by atoms with E-state index in [4.69, 9.17) is 11.6 Å². The van der Waals surface area contributed by atoms with Gasteiger partial charge < -0.3 is 5.32 Å². The van der Waals surface area contributed by atoms with Gasteiger partial charge in [0.15, 0.2) is 5.78 Å². The zero-order valence-electron chi connectivity index (χ0n) is 18.6. The molecule has 0 saturated heterocycles. The Kier molecular flexibility index (Phi) is 6.16. The summed E-state index contributed by atoms with van der Waals surface area (Å²) < 4.78 is 2.83. The summed E-state index contributed by atoms with van der Waals surface area (Å²) in [5.74, 6) is 0.312. The van der Waals surface area contributed by atoms with Gasteiger partial charge in [0, 0.05) is 35.6 Å². The highest BCUT2D eigenvalue weighted by Crippen LogP contribution is 2.33. The zero-order valence-corrected chi connectivity index (χ0v) is 19.3. The van der Waals surface area contributed by atoms with Crippen LogP contribution >= 0.6 is 11.6 Å². The maximum Gasteiger partial charge on any atom is 0.326 e. The van der Waals surface area contributed by atoms with Gasteiger partial charge in [0.05, 0.1) is 17.9 Å². The molecule has 8 heteroatoms. The first-order chi connectivity index (χ1) is 15.8. The number of imidazole rings is 1. The second-order valence-corrected chi connectivity index (χ2v) is 8.09. The third-order valence-corrected chi connectivity index (χ3v) is 5.80. The van der Waals surface area contributed by atoms with E-state index in [1.807, 2.05) is 30.3 Å². The fraction of sp³-hybridized carbons (Fsp3) is 0.200. The summed E-state index contributed by atoms with van der Waals surface area (Å²) in [6.45, 7) is 3.51. The Balaban J connectivity index is 2.05. The lowest BCUT2D eigenvalue weighted by Gasteiger charge is -2.19. The standard InChI is InChI=1S/C25H23ClN4O3/c1-4-21(31)23-22(16-8-6-5-7-9-16)20-12-17(26)10-11-19(20)24(32)30(23)14-18-13-29(15(2)28-18)25(33)27-3/h5-13H,4,14H2,1-3H3,(H,27,33). The molecule has 0 spiro atoms. The molecule has 0 aliphatic rings. The first-order valence-electron chi connectivity index (χ1n) is 10.6. The monoisotopic (exact) mass is 462 g/mol. The van der Waals surface area contributed by atoms with Crippen molar-refractivity contribution in [1.29, 1.82) is 0 Å². The number of amides is 1. The van der Waals surface area contributed by atoms with Gasteiger partial charge >= 0.3 is 6.03 Å². The summed E-state index contributed by atoms with van der Waals surface area (Å²) in [4.78, 5) is 43.4. The van der Waals surface area contributed by atoms with E-state index in [1.165, 1.54) is 16.2 Å². The van der Waals surface area contributed by atoms with E-state index in [0.29, 0.717) is 38.6 Å². The number of hydrogen-bond donors (Lipinski definition) is 1. The highest BCUT2D eigenvalue weighted by Gasteiger charge is 2.23. The Bertz CT molecular complexity index is 1440. The lowest BCUT2D eigenvalue weighted by atomic mass is 9.94. The Morgan fingerprint density at radius 3 is 2.48 bits per heavy atom. The third kappa shape index (κ3) is 4.07. The highest BCUT2D eigenvalue weighted by molar-refractivity contribution is 6.31. The van der Waals surface area contributed by atoms with Gasteiger partial charge in [0.2, 0.25) is 0 Å². The number of ketones is 1. The smallest absolute Gasteiger partial charge is 0.326 e. The van der Waals surface area contributed by atoms with Crippen molar-refractivity contribution in [3.63, 3.8) is 0 Å². The summed E-state index contributed by atoms with van der Waals surface area (Å²) in [5.41, 5.74) is 1.95. The number of fused-ring (bicyclic) bond motifs is 1. The minimum Gasteiger partial charge on any atom is -0.340 e. The van der Waals surface area contributed by atoms with Gasteiger partial charge in [-0.3, -0.25) is 18.7 Å². The first kappa shape index (κ1) is 22.5. The van der Waals surface area contributed by atoms with Crippen LogP contribution in [0.25, 0.3) is 21.9 Å². The van der Waals surface area contributed by atoms with Crippen molar-refractivity contribution in [2.45, 2.75) is 26.8 Å². The molecule has 2 aromatic carbocycles. The molecule has 0 bridgehead atoms. The molecule has 0 atom stereocenters. The van der Waals surface area contributed by atoms with Crippen molar-refractivity contribution in [3.05, 3.63) is 87.3 Å². The van der Waals surface area contributed by atoms with Gasteiger partial charge in [-0.2, -0.15) is 0 Å². The van der Waals surface area contributed by atoms with Crippen LogP contribution in [0.1, 0.15) is 35.4 Å². The molecule has 2 aromatic heterocycles. The molecule has 4 aromatic rings. The summed E-state index contributed by atoms with van der Waals surface area (Å²) >= 11 is 6.28. The fourth-order valence-corrected chi connectivity index (χ4v) is 4.19. The maximum absolute atomic E-state index is 13.6. The lowest BCUT2D eigenvalue weighted by Crippen LogP contribution is -2.28. The molecular formula is C25H23ClN4O3. The van der Waals surface area contributed by atoms with Gasteiger partial charge in [-0.25, -0.2) is 9.78 Å². The van der Waals surface area contributed by atoms with Crippen LogP contribution in [0.3, 0.4) is 0 Å². The average Bonchev–Trinajstić information content (AvgIpc) is 3.20. The van der Waals surface area contributed by atoms with Crippen molar-refractivity contribution < 1.29 is 9.59 Å². The summed E-state index contributed by atoms with van der Waals surface area (Å²) in [6, 6.07) is 14.2. The van der Waals surface area contributed by atoms with Crippen LogP contribution < -0.4 is 10.9 Å². The van der Waals surface area contributed by atoms with E-state index in [1.54, 1.807) is 38.2 Å². The molecule has 7 nitrogen and oxygen atoms in total. The number of Topliss-reactive ketones (excluding diaryl/α,β-unsaturated/α-hetero) is 1. The van der Waals surface area contributed by atoms with E-state index in [0.717, 1.165) is 5.56 Å². The molecule has 2 heterocycles. The Labute approximate surface area is 195 Å². The predicted molar refractivity (Wildman–Crippen MR) is 129 cm³/mol. The second kappa shape index (κ2) is 9.03. The highest BCUT2D eigenvalue weighted by atomic mass is 35.5. The largest absolute Gasteiger partial charge is 0.340 e. The molecule has 0 saturated carbocycles. The number of nitrogens with zero attached hydrogens (tertiary/aromatic N) is 3. The number of pyridine rings is 1. The van der Waals surface area contributed by atoms with Gasteiger partial charge in [-0.15, -0.1) is 0 Å². The van der Waals surface area contributed by atoms with Crippen molar-refractivity contribution in [3.8, 4) is 11.1 Å². The Morgan fingerprint density at radius 1 is 1.09 bits per heavy atom. The third-order valence-electron chi connectivity index (χ3n) is 5.57. The van der Waals surface area contributed by atoms with Gasteiger partial charge in [-0.1, -0.05) is 48.9 Å². The average molecular weight is 463 g/mol. The van der Waals surface area contributed by atoms with Crippen molar-refractivity contribution in [2.75, 3.05) is 7.05 Å². The number of aromatic nitrogens is 3. The number of rotatable bonds is 5. The van der Waals surface area contributed by atoms with Crippen LogP contribution in [0.2, 0.25) is 5.02 Å². The molecule has 0 aliphatic heterocycles. The Morgan fingerprint density at radius 2 is 1.82 bits per heavy atom. The minimum atomic E-state index is -0.332. The molecule has 4 rings (SSSR count). The minimum absolute atomic E-state index is 0.0448. The van der Waals surface area contributed by atoms with Crippen molar-refractivity contribution in [2.24, 2.45) is 0 Å². The van der Waals surface area contributed by atoms with Crippen LogP contribution in [-0.4, -0.2) is 33.0 Å². The SMILES string of the molecule is CCC(=O)c1c(-c2ccccc2)c2cc(Cl)ccc2c(=O)n1Cc1cn(C(=O)NC)c(C)n1. The molecule has 1 amide bonds. The topological polar surface area (TPSA) is 86.0 Å². The van der Waals surface area contributed by atoms with Gasteiger partial charge in [0.1, 0.15) is 5.82 Å². The number of halogens is 1. The molecule has 0 unspecified atom stereocenters. The van der Waals surface area contributed by atoms with Crippen LogP contribution in [0.4, 0.5) is 4.79 Å². The summed E-state index contributed by atoms with van der Waals surface area (Å²) in [7, 11) is 1.53. The molecule has 0 aliphatic carbocycles. The number of nitrogens with one attached hydrogen (secondary N) is 1. The van der Waals surface area contributed by atoms with Crippen LogP contribution in [0, 0.1) is 6.92 Å². The zero-order chi connectivity index (χ0) is 23.7. The number of aryl methyl sites for hydroxylation is 1. The normalized spacial score (nSPS) is 11.0. The van der Waals surface area contributed by atoms with Gasteiger partial charge in [-0.05, 0) is 36.1 Å². The number of carbonyl (C=O) groups excluding carboxylic acids is 2. The fourth-order valence-electron chi connectivity index (χ4n) is 4.02. The molecule has 33 heavy (non-hydrogen) atoms. The van der Waals surface area contributed by atoms with Crippen LogP contribution in [0.5, 0.6) is 0 Å². The van der Waals surface area contributed by atoms with E-state index < -0.39 is 0 Å². The Hall–Kier alpha value is -3.71. The number of hydrogen-bond acceptors (Lipinski definition) is 4. The number of benzene rings is 2. The van der Waals surface area contributed by atoms with Crippen LogP contribution in [0.15, 0.2) is 59.5 Å². The predicted octanol–water partition coefficient (Wildman–Crippen LogP) is 4.66. The molecule has 0 fully saturated rings. The number of carbonyl (C=O) groups is 2.